The predicted molar refractivity (Wildman–Crippen MR) is 74.5 cm³/mol. The van der Waals surface area contributed by atoms with Crippen molar-refractivity contribution in [3.63, 3.8) is 0 Å². The van der Waals surface area contributed by atoms with Gasteiger partial charge in [-0.05, 0) is 19.3 Å². The second-order valence-electron chi connectivity index (χ2n) is 4.72. The molecule has 2 heterocycles. The molecule has 19 heavy (non-hydrogen) atoms. The quantitative estimate of drug-likeness (QED) is 0.614. The third-order valence-corrected chi connectivity index (χ3v) is 3.17. The smallest absolute Gasteiger partial charge is 0.158 e. The van der Waals surface area contributed by atoms with Crippen molar-refractivity contribution in [2.75, 3.05) is 24.6 Å². The monoisotopic (exact) mass is 263 g/mol. The average molecular weight is 263 g/mol. The lowest BCUT2D eigenvalue weighted by Crippen LogP contribution is -2.41. The molecule has 0 aliphatic carbocycles. The van der Waals surface area contributed by atoms with E-state index in [9.17, 15) is 0 Å². The summed E-state index contributed by atoms with van der Waals surface area (Å²) in [6.45, 7) is 4.60. The Morgan fingerprint density at radius 3 is 3.05 bits per heavy atom. The van der Waals surface area contributed by atoms with Crippen molar-refractivity contribution in [3.05, 3.63) is 18.1 Å². The number of anilines is 1. The number of nitrogens with one attached hydrogen (secondary N) is 1. The molecule has 104 valence electrons. The van der Waals surface area contributed by atoms with Gasteiger partial charge in [0, 0.05) is 32.1 Å². The van der Waals surface area contributed by atoms with E-state index >= 15 is 0 Å². The maximum Gasteiger partial charge on any atom is 0.158 e. The lowest BCUT2D eigenvalue weighted by Gasteiger charge is -2.34. The van der Waals surface area contributed by atoms with Crippen LogP contribution in [-0.4, -0.2) is 41.6 Å². The van der Waals surface area contributed by atoms with Gasteiger partial charge in [-0.15, -0.1) is 0 Å². The topological polar surface area (TPSA) is 88.1 Å². The number of nitrogens with two attached hydrogens (primary N) is 1. The van der Waals surface area contributed by atoms with Crippen LogP contribution < -0.4 is 10.6 Å². The third kappa shape index (κ3) is 3.41. The lowest BCUT2D eigenvalue weighted by molar-refractivity contribution is 0.0439. The standard InChI is InChI=1S/C13H21N5O/c1-2-8-19-10-4-3-7-18(9-10)13-11(12(14)15)16-5-6-17-13/h5-6,10H,2-4,7-9H2,1H3,(H3,14,15). The summed E-state index contributed by atoms with van der Waals surface area (Å²) in [6, 6.07) is 0. The molecule has 1 saturated heterocycles. The zero-order chi connectivity index (χ0) is 13.7. The minimum absolute atomic E-state index is 0.0419. The fourth-order valence-corrected chi connectivity index (χ4v) is 2.30. The Balaban J connectivity index is 2.11. The summed E-state index contributed by atoms with van der Waals surface area (Å²) in [6.07, 6.45) is 6.60. The van der Waals surface area contributed by atoms with Crippen LogP contribution in [0, 0.1) is 5.41 Å². The average Bonchev–Trinajstić information content (AvgIpc) is 2.45. The van der Waals surface area contributed by atoms with Crippen LogP contribution >= 0.6 is 0 Å². The first-order valence-corrected chi connectivity index (χ1v) is 6.74. The molecule has 1 aliphatic heterocycles. The third-order valence-electron chi connectivity index (χ3n) is 3.17. The van der Waals surface area contributed by atoms with Gasteiger partial charge < -0.3 is 15.4 Å². The van der Waals surface area contributed by atoms with Crippen molar-refractivity contribution < 1.29 is 4.74 Å². The van der Waals surface area contributed by atoms with E-state index in [-0.39, 0.29) is 11.9 Å². The molecule has 1 fully saturated rings. The van der Waals surface area contributed by atoms with Gasteiger partial charge in [0.2, 0.25) is 0 Å². The maximum atomic E-state index is 7.57. The van der Waals surface area contributed by atoms with Crippen molar-refractivity contribution in [1.82, 2.24) is 9.97 Å². The van der Waals surface area contributed by atoms with Crippen LogP contribution in [0.25, 0.3) is 0 Å². The van der Waals surface area contributed by atoms with Gasteiger partial charge in [0.25, 0.3) is 0 Å². The Morgan fingerprint density at radius 1 is 1.53 bits per heavy atom. The van der Waals surface area contributed by atoms with Crippen LogP contribution in [0.1, 0.15) is 31.9 Å². The molecule has 0 amide bonds. The van der Waals surface area contributed by atoms with Crippen molar-refractivity contribution in [2.45, 2.75) is 32.3 Å². The van der Waals surface area contributed by atoms with E-state index < -0.39 is 0 Å². The Kier molecular flexibility index (Phi) is 4.68. The molecule has 1 aliphatic rings. The molecule has 0 radical (unpaired) electrons. The van der Waals surface area contributed by atoms with Gasteiger partial charge in [0.1, 0.15) is 11.5 Å². The van der Waals surface area contributed by atoms with Crippen molar-refractivity contribution in [2.24, 2.45) is 5.73 Å². The summed E-state index contributed by atoms with van der Waals surface area (Å²) in [4.78, 5) is 10.6. The molecule has 1 atom stereocenters. The van der Waals surface area contributed by atoms with Crippen LogP contribution in [0.4, 0.5) is 5.82 Å². The summed E-state index contributed by atoms with van der Waals surface area (Å²) >= 11 is 0. The molecular formula is C13H21N5O. The Hall–Kier alpha value is -1.69. The summed E-state index contributed by atoms with van der Waals surface area (Å²) in [5, 5.41) is 7.57. The molecule has 0 aromatic carbocycles. The molecule has 3 N–H and O–H groups in total. The Labute approximate surface area is 113 Å². The highest BCUT2D eigenvalue weighted by Gasteiger charge is 2.24. The van der Waals surface area contributed by atoms with E-state index in [1.54, 1.807) is 12.4 Å². The molecule has 0 spiro atoms. The van der Waals surface area contributed by atoms with Gasteiger partial charge in [0.15, 0.2) is 5.82 Å². The number of aromatic nitrogens is 2. The zero-order valence-electron chi connectivity index (χ0n) is 11.3. The van der Waals surface area contributed by atoms with Crippen LogP contribution in [0.2, 0.25) is 0 Å². The number of nitrogens with zero attached hydrogens (tertiary/aromatic N) is 3. The maximum absolute atomic E-state index is 7.57. The SMILES string of the molecule is CCCOC1CCCN(c2nccnc2C(=N)N)C1. The first kappa shape index (κ1) is 13.7. The van der Waals surface area contributed by atoms with Crippen LogP contribution in [0.3, 0.4) is 0 Å². The number of rotatable bonds is 5. The molecule has 0 saturated carbocycles. The number of nitrogen functional groups attached to an aromatic ring is 1. The van der Waals surface area contributed by atoms with Crippen LogP contribution in [0.15, 0.2) is 12.4 Å². The number of amidine groups is 1. The van der Waals surface area contributed by atoms with Gasteiger partial charge in [-0.2, -0.15) is 0 Å². The van der Waals surface area contributed by atoms with Crippen LogP contribution in [-0.2, 0) is 4.74 Å². The lowest BCUT2D eigenvalue weighted by atomic mass is 10.1. The fourth-order valence-electron chi connectivity index (χ4n) is 2.30. The molecule has 0 bridgehead atoms. The summed E-state index contributed by atoms with van der Waals surface area (Å²) in [7, 11) is 0. The molecule has 6 nitrogen and oxygen atoms in total. The van der Waals surface area contributed by atoms with Crippen molar-refractivity contribution >= 4 is 11.7 Å². The van der Waals surface area contributed by atoms with E-state index in [2.05, 4.69) is 21.8 Å². The largest absolute Gasteiger partial charge is 0.382 e. The number of hydrogen-bond donors (Lipinski definition) is 2. The van der Waals surface area contributed by atoms with Gasteiger partial charge in [-0.3, -0.25) is 5.41 Å². The van der Waals surface area contributed by atoms with Gasteiger partial charge >= 0.3 is 0 Å². The Bertz CT molecular complexity index is 437. The molecule has 1 aromatic rings. The zero-order valence-corrected chi connectivity index (χ0v) is 11.3. The summed E-state index contributed by atoms with van der Waals surface area (Å²) in [5.74, 6) is 0.652. The minimum atomic E-state index is -0.0419. The summed E-state index contributed by atoms with van der Waals surface area (Å²) < 4.78 is 5.81. The Morgan fingerprint density at radius 2 is 2.32 bits per heavy atom. The highest BCUT2D eigenvalue weighted by atomic mass is 16.5. The van der Waals surface area contributed by atoms with Gasteiger partial charge in [-0.25, -0.2) is 9.97 Å². The van der Waals surface area contributed by atoms with E-state index in [1.807, 2.05) is 0 Å². The molecular weight excluding hydrogens is 242 g/mol. The fraction of sp³-hybridized carbons (Fsp3) is 0.615. The highest BCUT2D eigenvalue weighted by molar-refractivity contribution is 5.97. The second-order valence-corrected chi connectivity index (χ2v) is 4.72. The normalized spacial score (nSPS) is 19.4. The highest BCUT2D eigenvalue weighted by Crippen LogP contribution is 2.21. The predicted octanol–water partition coefficient (Wildman–Crippen LogP) is 1.16. The molecule has 1 unspecified atom stereocenters. The molecule has 2 rings (SSSR count). The molecule has 1 aromatic heterocycles. The second kappa shape index (κ2) is 6.47. The first-order chi connectivity index (χ1) is 9.22. The number of hydrogen-bond acceptors (Lipinski definition) is 5. The van der Waals surface area contributed by atoms with Crippen LogP contribution in [0.5, 0.6) is 0 Å². The molecule has 6 heteroatoms. The van der Waals surface area contributed by atoms with Gasteiger partial charge in [-0.1, -0.05) is 6.92 Å². The number of piperidine rings is 1. The van der Waals surface area contributed by atoms with E-state index in [0.29, 0.717) is 11.5 Å². The summed E-state index contributed by atoms with van der Waals surface area (Å²) in [5.41, 5.74) is 6.02. The van der Waals surface area contributed by atoms with Crippen molar-refractivity contribution in [3.8, 4) is 0 Å². The van der Waals surface area contributed by atoms with E-state index in [1.165, 1.54) is 0 Å². The first-order valence-electron chi connectivity index (χ1n) is 6.74. The van der Waals surface area contributed by atoms with E-state index in [0.717, 1.165) is 39.0 Å². The number of ether oxygens (including phenoxy) is 1. The van der Waals surface area contributed by atoms with Crippen molar-refractivity contribution in [1.29, 1.82) is 5.41 Å². The van der Waals surface area contributed by atoms with E-state index in [4.69, 9.17) is 15.9 Å². The van der Waals surface area contributed by atoms with Gasteiger partial charge in [0.05, 0.1) is 6.10 Å². The minimum Gasteiger partial charge on any atom is -0.382 e.